The smallest absolute Gasteiger partial charge is 0.164 e. The van der Waals surface area contributed by atoms with Gasteiger partial charge in [-0.2, -0.15) is 0 Å². The predicted octanol–water partition coefficient (Wildman–Crippen LogP) is 15.0. The van der Waals surface area contributed by atoms with Crippen LogP contribution in [0.1, 0.15) is 0 Å². The van der Waals surface area contributed by atoms with Gasteiger partial charge in [-0.1, -0.05) is 188 Å². The van der Waals surface area contributed by atoms with Crippen molar-refractivity contribution >= 4 is 65.2 Å². The zero-order valence-electron chi connectivity index (χ0n) is 34.6. The molecule has 0 saturated carbocycles. The highest BCUT2D eigenvalue weighted by molar-refractivity contribution is 6.24. The van der Waals surface area contributed by atoms with Crippen molar-refractivity contribution in [1.82, 2.24) is 24.1 Å². The average Bonchev–Trinajstić information content (AvgIpc) is 3.90. The fourth-order valence-electron chi connectivity index (χ4n) is 9.94. The summed E-state index contributed by atoms with van der Waals surface area (Å²) in [7, 11) is 0. The summed E-state index contributed by atoms with van der Waals surface area (Å²) < 4.78 is 4.85. The van der Waals surface area contributed by atoms with Gasteiger partial charge in [0.1, 0.15) is 0 Å². The van der Waals surface area contributed by atoms with E-state index in [1.165, 1.54) is 65.3 Å². The van der Waals surface area contributed by atoms with E-state index < -0.39 is 0 Å². The van der Waals surface area contributed by atoms with E-state index in [-0.39, 0.29) is 0 Å². The Labute approximate surface area is 368 Å². The molecule has 0 aliphatic rings. The molecule has 0 saturated heterocycles. The van der Waals surface area contributed by atoms with Gasteiger partial charge in [0.05, 0.1) is 22.1 Å². The lowest BCUT2D eigenvalue weighted by atomic mass is 9.92. The van der Waals surface area contributed by atoms with E-state index in [4.69, 9.17) is 15.0 Å². The van der Waals surface area contributed by atoms with Gasteiger partial charge in [0.2, 0.25) is 0 Å². The number of benzene rings is 10. The van der Waals surface area contributed by atoms with Gasteiger partial charge < -0.3 is 9.13 Å². The fraction of sp³-hybridized carbons (Fsp3) is 0. The molecule has 5 heteroatoms. The van der Waals surface area contributed by atoms with E-state index in [9.17, 15) is 0 Å². The first-order valence-electron chi connectivity index (χ1n) is 21.7. The first kappa shape index (κ1) is 36.0. The highest BCUT2D eigenvalue weighted by atomic mass is 15.0. The molecule has 3 aromatic heterocycles. The number of hydrogen-bond donors (Lipinski definition) is 0. The SMILES string of the molecule is c1ccc(-c2nc(-c3ccccc3)nc(-c3cccc(-n4c5ccccc5c5ccc6c(-c7cccc8c7ccc7c9ccccc9n(-c9ccccc9)c87)cccc6c54)c3)n2)cc1. The van der Waals surface area contributed by atoms with Crippen LogP contribution in [-0.4, -0.2) is 24.1 Å². The third kappa shape index (κ3) is 5.61. The first-order chi connectivity index (χ1) is 31.8. The summed E-state index contributed by atoms with van der Waals surface area (Å²) in [6, 6.07) is 79.9. The molecule has 3 heterocycles. The second-order valence-corrected chi connectivity index (χ2v) is 16.4. The van der Waals surface area contributed by atoms with Crippen molar-refractivity contribution in [2.24, 2.45) is 0 Å². The van der Waals surface area contributed by atoms with Crippen molar-refractivity contribution in [3.8, 4) is 56.7 Å². The maximum absolute atomic E-state index is 5.09. The number of hydrogen-bond acceptors (Lipinski definition) is 3. The van der Waals surface area contributed by atoms with Gasteiger partial charge in [-0.3, -0.25) is 0 Å². The van der Waals surface area contributed by atoms with E-state index in [0.717, 1.165) is 39.1 Å². The third-order valence-corrected chi connectivity index (χ3v) is 12.8. The van der Waals surface area contributed by atoms with Crippen molar-refractivity contribution < 1.29 is 0 Å². The second kappa shape index (κ2) is 14.5. The van der Waals surface area contributed by atoms with Gasteiger partial charge in [-0.05, 0) is 58.3 Å². The van der Waals surface area contributed by atoms with Crippen LogP contribution in [0.5, 0.6) is 0 Å². The minimum Gasteiger partial charge on any atom is -0.309 e. The molecular weight excluding hydrogens is 779 g/mol. The molecule has 0 N–H and O–H groups in total. The average molecular weight is 816 g/mol. The summed E-state index contributed by atoms with van der Waals surface area (Å²) in [5, 5.41) is 9.74. The molecular formula is C59H37N5. The molecule has 5 nitrogen and oxygen atoms in total. The number of rotatable bonds is 6. The zero-order valence-corrected chi connectivity index (χ0v) is 34.6. The molecule has 13 aromatic rings. The van der Waals surface area contributed by atoms with Gasteiger partial charge in [-0.15, -0.1) is 0 Å². The lowest BCUT2D eigenvalue weighted by Gasteiger charge is -2.15. The van der Waals surface area contributed by atoms with E-state index >= 15 is 0 Å². The molecule has 0 spiro atoms. The molecule has 64 heavy (non-hydrogen) atoms. The number of nitrogens with zero attached hydrogens (tertiary/aromatic N) is 5. The Morgan fingerprint density at radius 3 is 1.14 bits per heavy atom. The first-order valence-corrected chi connectivity index (χ1v) is 21.7. The summed E-state index contributed by atoms with van der Waals surface area (Å²) >= 11 is 0. The van der Waals surface area contributed by atoms with Gasteiger partial charge in [0.15, 0.2) is 17.5 Å². The number of para-hydroxylation sites is 3. The van der Waals surface area contributed by atoms with E-state index in [0.29, 0.717) is 17.5 Å². The molecule has 0 aliphatic carbocycles. The molecule has 0 amide bonds. The second-order valence-electron chi connectivity index (χ2n) is 16.4. The monoisotopic (exact) mass is 815 g/mol. The summed E-state index contributed by atoms with van der Waals surface area (Å²) in [5.41, 5.74) is 12.1. The maximum Gasteiger partial charge on any atom is 0.164 e. The largest absolute Gasteiger partial charge is 0.309 e. The van der Waals surface area contributed by atoms with Crippen LogP contribution >= 0.6 is 0 Å². The lowest BCUT2D eigenvalue weighted by molar-refractivity contribution is 1.07. The van der Waals surface area contributed by atoms with Crippen LogP contribution in [0.25, 0.3) is 122 Å². The lowest BCUT2D eigenvalue weighted by Crippen LogP contribution is -2.01. The number of fused-ring (bicyclic) bond motifs is 10. The number of aromatic nitrogens is 5. The summed E-state index contributed by atoms with van der Waals surface area (Å²) in [5.74, 6) is 1.90. The van der Waals surface area contributed by atoms with Crippen LogP contribution < -0.4 is 0 Å². The van der Waals surface area contributed by atoms with E-state index in [2.05, 4.69) is 173 Å². The molecule has 298 valence electrons. The van der Waals surface area contributed by atoms with Crippen LogP contribution in [0.2, 0.25) is 0 Å². The normalized spacial score (nSPS) is 11.8. The fourth-order valence-corrected chi connectivity index (χ4v) is 9.94. The van der Waals surface area contributed by atoms with Crippen LogP contribution in [0, 0.1) is 0 Å². The summed E-state index contributed by atoms with van der Waals surface area (Å²) in [6.07, 6.45) is 0. The summed E-state index contributed by atoms with van der Waals surface area (Å²) in [4.78, 5) is 15.1. The minimum absolute atomic E-state index is 0.624. The zero-order chi connectivity index (χ0) is 42.1. The molecule has 10 aromatic carbocycles. The Bertz CT molecular complexity index is 3890. The van der Waals surface area contributed by atoms with Crippen LogP contribution in [0.3, 0.4) is 0 Å². The maximum atomic E-state index is 5.09. The van der Waals surface area contributed by atoms with Crippen molar-refractivity contribution in [3.63, 3.8) is 0 Å². The molecule has 0 fully saturated rings. The Kier molecular flexibility index (Phi) is 8.15. The van der Waals surface area contributed by atoms with Crippen molar-refractivity contribution in [3.05, 3.63) is 224 Å². The molecule has 0 atom stereocenters. The predicted molar refractivity (Wildman–Crippen MR) is 265 cm³/mol. The van der Waals surface area contributed by atoms with Gasteiger partial charge in [0, 0.05) is 60.4 Å². The van der Waals surface area contributed by atoms with Crippen LogP contribution in [0.15, 0.2) is 224 Å². The molecule has 0 aliphatic heterocycles. The molecule has 13 rings (SSSR count). The summed E-state index contributed by atoms with van der Waals surface area (Å²) in [6.45, 7) is 0. The van der Waals surface area contributed by atoms with E-state index in [1.54, 1.807) is 0 Å². The van der Waals surface area contributed by atoms with E-state index in [1.807, 2.05) is 60.7 Å². The topological polar surface area (TPSA) is 48.5 Å². The minimum atomic E-state index is 0.624. The molecule has 0 unspecified atom stereocenters. The highest BCUT2D eigenvalue weighted by Gasteiger charge is 2.21. The van der Waals surface area contributed by atoms with Crippen molar-refractivity contribution in [1.29, 1.82) is 0 Å². The standard InChI is InChI=1S/C59H37N5/c1-4-17-38(18-5-1)57-60-58(39-19-6-2-7-20-39)62-59(61-57)40-21-14-24-42(37-40)64-54-32-13-11-26-48(54)52-36-34-46-44(28-16-30-50(46)56(52)64)43-27-15-29-49-45(43)33-35-51-47-25-10-12-31-53(47)63(55(49)51)41-22-8-3-9-23-41/h1-37H. The van der Waals surface area contributed by atoms with Crippen molar-refractivity contribution in [2.45, 2.75) is 0 Å². The highest BCUT2D eigenvalue weighted by Crippen LogP contribution is 2.44. The Balaban J connectivity index is 1.03. The molecule has 0 radical (unpaired) electrons. The van der Waals surface area contributed by atoms with Crippen LogP contribution in [0.4, 0.5) is 0 Å². The quantitative estimate of drug-likeness (QED) is 0.168. The Hall–Kier alpha value is -8.67. The Morgan fingerprint density at radius 2 is 0.609 bits per heavy atom. The van der Waals surface area contributed by atoms with Gasteiger partial charge in [-0.25, -0.2) is 15.0 Å². The third-order valence-electron chi connectivity index (χ3n) is 12.8. The van der Waals surface area contributed by atoms with Gasteiger partial charge >= 0.3 is 0 Å². The van der Waals surface area contributed by atoms with Gasteiger partial charge in [0.25, 0.3) is 0 Å². The van der Waals surface area contributed by atoms with Crippen molar-refractivity contribution in [2.75, 3.05) is 0 Å². The van der Waals surface area contributed by atoms with Crippen LogP contribution in [-0.2, 0) is 0 Å². The molecule has 0 bridgehead atoms. The Morgan fingerprint density at radius 1 is 0.250 bits per heavy atom.